The highest BCUT2D eigenvalue weighted by Gasteiger charge is 2.36. The largest absolute Gasteiger partial charge is 0.368 e. The van der Waals surface area contributed by atoms with E-state index in [0.717, 1.165) is 51.4 Å². The third-order valence-corrected chi connectivity index (χ3v) is 5.29. The number of primary amides is 1. The van der Waals surface area contributed by atoms with Crippen molar-refractivity contribution >= 4 is 11.8 Å². The zero-order chi connectivity index (χ0) is 15.3. The molecule has 0 aromatic rings. The van der Waals surface area contributed by atoms with Crippen molar-refractivity contribution < 1.29 is 9.59 Å². The molecule has 0 radical (unpaired) electrons. The van der Waals surface area contributed by atoms with Crippen LogP contribution >= 0.6 is 0 Å². The van der Waals surface area contributed by atoms with Gasteiger partial charge in [0.2, 0.25) is 11.8 Å². The van der Waals surface area contributed by atoms with Crippen LogP contribution < -0.4 is 11.5 Å². The fraction of sp³-hybridized carbons (Fsp3) is 0.875. The summed E-state index contributed by atoms with van der Waals surface area (Å²) in [5.74, 6) is -0.339. The first kappa shape index (κ1) is 16.3. The Labute approximate surface area is 127 Å². The maximum atomic E-state index is 12.8. The van der Waals surface area contributed by atoms with E-state index in [2.05, 4.69) is 0 Å². The van der Waals surface area contributed by atoms with E-state index >= 15 is 0 Å². The highest BCUT2D eigenvalue weighted by atomic mass is 16.2. The summed E-state index contributed by atoms with van der Waals surface area (Å²) < 4.78 is 0. The minimum atomic E-state index is -0.416. The van der Waals surface area contributed by atoms with Crippen molar-refractivity contribution in [1.82, 2.24) is 4.90 Å². The quantitative estimate of drug-likeness (QED) is 0.779. The fourth-order valence-electron chi connectivity index (χ4n) is 3.98. The lowest BCUT2D eigenvalue weighted by Gasteiger charge is -2.38. The second-order valence-corrected chi connectivity index (χ2v) is 6.87. The average molecular weight is 295 g/mol. The number of hydrogen-bond donors (Lipinski definition) is 2. The van der Waals surface area contributed by atoms with Gasteiger partial charge >= 0.3 is 0 Å². The highest BCUT2D eigenvalue weighted by molar-refractivity contribution is 5.84. The Kier molecular flexibility index (Phi) is 5.62. The second-order valence-electron chi connectivity index (χ2n) is 6.87. The van der Waals surface area contributed by atoms with Gasteiger partial charge in [-0.05, 0) is 37.6 Å². The van der Waals surface area contributed by atoms with Crippen LogP contribution in [0.25, 0.3) is 0 Å². The van der Waals surface area contributed by atoms with Crippen LogP contribution in [0.4, 0.5) is 0 Å². The molecule has 0 heterocycles. The van der Waals surface area contributed by atoms with Crippen LogP contribution in [-0.4, -0.2) is 35.8 Å². The van der Waals surface area contributed by atoms with Crippen molar-refractivity contribution in [3.63, 3.8) is 0 Å². The lowest BCUT2D eigenvalue weighted by atomic mass is 9.71. The standard InChI is InChI=1S/C16H29N3O2/c17-12-16(8-4-1-5-9-16)10-15(21)19(11-14(18)20)13-6-2-3-7-13/h13H,1-12,17H2,(H2,18,20). The lowest BCUT2D eigenvalue weighted by molar-refractivity contribution is -0.140. The molecule has 2 saturated carbocycles. The number of amides is 2. The minimum Gasteiger partial charge on any atom is -0.368 e. The van der Waals surface area contributed by atoms with Gasteiger partial charge < -0.3 is 16.4 Å². The van der Waals surface area contributed by atoms with Crippen molar-refractivity contribution in [2.75, 3.05) is 13.1 Å². The van der Waals surface area contributed by atoms with E-state index in [1.165, 1.54) is 6.42 Å². The molecule has 2 fully saturated rings. The summed E-state index contributed by atoms with van der Waals surface area (Å²) in [4.78, 5) is 25.8. The van der Waals surface area contributed by atoms with Crippen molar-refractivity contribution in [2.45, 2.75) is 70.3 Å². The summed E-state index contributed by atoms with van der Waals surface area (Å²) in [5.41, 5.74) is 11.3. The Balaban J connectivity index is 2.04. The van der Waals surface area contributed by atoms with Gasteiger partial charge in [-0.2, -0.15) is 0 Å². The molecule has 2 aliphatic carbocycles. The molecule has 0 aromatic heterocycles. The Bertz CT molecular complexity index is 372. The third kappa shape index (κ3) is 4.19. The first-order valence-corrected chi connectivity index (χ1v) is 8.34. The minimum absolute atomic E-state index is 0.0518. The zero-order valence-corrected chi connectivity index (χ0v) is 13.0. The van der Waals surface area contributed by atoms with E-state index in [1.807, 2.05) is 0 Å². The van der Waals surface area contributed by atoms with Crippen LogP contribution in [0.15, 0.2) is 0 Å². The van der Waals surface area contributed by atoms with E-state index in [-0.39, 0.29) is 23.9 Å². The topological polar surface area (TPSA) is 89.4 Å². The van der Waals surface area contributed by atoms with Gasteiger partial charge in [-0.3, -0.25) is 9.59 Å². The number of rotatable bonds is 6. The summed E-state index contributed by atoms with van der Waals surface area (Å²) in [6.07, 6.45) is 10.4. The molecule has 21 heavy (non-hydrogen) atoms. The molecule has 0 unspecified atom stereocenters. The highest BCUT2D eigenvalue weighted by Crippen LogP contribution is 2.39. The van der Waals surface area contributed by atoms with E-state index in [0.29, 0.717) is 13.0 Å². The molecule has 0 aromatic carbocycles. The Morgan fingerprint density at radius 2 is 1.67 bits per heavy atom. The van der Waals surface area contributed by atoms with Gasteiger partial charge in [-0.25, -0.2) is 0 Å². The van der Waals surface area contributed by atoms with Gasteiger partial charge in [-0.15, -0.1) is 0 Å². The number of hydrogen-bond acceptors (Lipinski definition) is 3. The van der Waals surface area contributed by atoms with Crippen LogP contribution in [0.1, 0.15) is 64.2 Å². The van der Waals surface area contributed by atoms with Crippen LogP contribution in [0.3, 0.4) is 0 Å². The Hall–Kier alpha value is -1.10. The van der Waals surface area contributed by atoms with E-state index < -0.39 is 5.91 Å². The van der Waals surface area contributed by atoms with Gasteiger partial charge in [-0.1, -0.05) is 32.1 Å². The number of carbonyl (C=O) groups excluding carboxylic acids is 2. The van der Waals surface area contributed by atoms with Gasteiger partial charge in [0.25, 0.3) is 0 Å². The summed E-state index contributed by atoms with van der Waals surface area (Å²) in [5, 5.41) is 0. The Morgan fingerprint density at radius 3 is 2.19 bits per heavy atom. The molecule has 2 aliphatic rings. The predicted molar refractivity (Wildman–Crippen MR) is 82.4 cm³/mol. The van der Waals surface area contributed by atoms with E-state index in [4.69, 9.17) is 11.5 Å². The molecule has 0 atom stereocenters. The van der Waals surface area contributed by atoms with Crippen LogP contribution in [0.5, 0.6) is 0 Å². The summed E-state index contributed by atoms with van der Waals surface area (Å²) >= 11 is 0. The molecule has 0 aliphatic heterocycles. The van der Waals surface area contributed by atoms with Crippen LogP contribution in [0, 0.1) is 5.41 Å². The van der Waals surface area contributed by atoms with Gasteiger partial charge in [0.1, 0.15) is 0 Å². The number of nitrogens with two attached hydrogens (primary N) is 2. The molecule has 2 amide bonds. The molecule has 120 valence electrons. The van der Waals surface area contributed by atoms with Gasteiger partial charge in [0.15, 0.2) is 0 Å². The molecule has 0 spiro atoms. The van der Waals surface area contributed by atoms with Crippen molar-refractivity contribution in [2.24, 2.45) is 16.9 Å². The molecule has 5 nitrogen and oxygen atoms in total. The summed E-state index contributed by atoms with van der Waals surface area (Å²) in [6.45, 7) is 0.623. The monoisotopic (exact) mass is 295 g/mol. The lowest BCUT2D eigenvalue weighted by Crippen LogP contribution is -2.47. The third-order valence-electron chi connectivity index (χ3n) is 5.29. The summed E-state index contributed by atoms with van der Waals surface area (Å²) in [7, 11) is 0. The van der Waals surface area contributed by atoms with Crippen molar-refractivity contribution in [3.05, 3.63) is 0 Å². The fourth-order valence-corrected chi connectivity index (χ4v) is 3.98. The molecule has 5 heteroatoms. The van der Waals surface area contributed by atoms with Crippen molar-refractivity contribution in [1.29, 1.82) is 0 Å². The predicted octanol–water partition coefficient (Wildman–Crippen LogP) is 1.54. The zero-order valence-electron chi connectivity index (χ0n) is 13.0. The average Bonchev–Trinajstić information content (AvgIpc) is 2.99. The smallest absolute Gasteiger partial charge is 0.237 e. The normalized spacial score (nSPS) is 22.1. The molecule has 2 rings (SSSR count). The van der Waals surface area contributed by atoms with Gasteiger partial charge in [0.05, 0.1) is 6.54 Å². The van der Waals surface area contributed by atoms with Gasteiger partial charge in [0, 0.05) is 12.5 Å². The first-order chi connectivity index (χ1) is 10.1. The SMILES string of the molecule is NCC1(CC(=O)N(CC(N)=O)C2CCCC2)CCCCC1. The maximum Gasteiger partial charge on any atom is 0.237 e. The number of nitrogens with zero attached hydrogens (tertiary/aromatic N) is 1. The molecular weight excluding hydrogens is 266 g/mol. The van der Waals surface area contributed by atoms with E-state index in [9.17, 15) is 9.59 Å². The maximum absolute atomic E-state index is 12.8. The second kappa shape index (κ2) is 7.25. The van der Waals surface area contributed by atoms with E-state index in [1.54, 1.807) is 4.90 Å². The Morgan fingerprint density at radius 1 is 1.05 bits per heavy atom. The van der Waals surface area contributed by atoms with Crippen molar-refractivity contribution in [3.8, 4) is 0 Å². The summed E-state index contributed by atoms with van der Waals surface area (Å²) in [6, 6.07) is 0.198. The van der Waals surface area contributed by atoms with Crippen LogP contribution in [0.2, 0.25) is 0 Å². The molecule has 0 saturated heterocycles. The molecular formula is C16H29N3O2. The first-order valence-electron chi connectivity index (χ1n) is 8.34. The molecule has 0 bridgehead atoms. The number of carbonyl (C=O) groups is 2. The molecule has 4 N–H and O–H groups in total. The van der Waals surface area contributed by atoms with Crippen LogP contribution in [-0.2, 0) is 9.59 Å².